The minimum Gasteiger partial charge on any atom is -0.310 e. The van der Waals surface area contributed by atoms with E-state index in [-0.39, 0.29) is 23.3 Å². The van der Waals surface area contributed by atoms with Gasteiger partial charge in [0.2, 0.25) is 5.91 Å². The van der Waals surface area contributed by atoms with Gasteiger partial charge in [0.25, 0.3) is 5.56 Å². The molecule has 5 rings (SSSR count). The van der Waals surface area contributed by atoms with Gasteiger partial charge < -0.3 is 10.3 Å². The predicted molar refractivity (Wildman–Crippen MR) is 117 cm³/mol. The van der Waals surface area contributed by atoms with Crippen LogP contribution in [0.4, 0.5) is 5.13 Å². The lowest BCUT2D eigenvalue weighted by Crippen LogP contribution is -2.23. The zero-order chi connectivity index (χ0) is 20.2. The third kappa shape index (κ3) is 3.42. The molecule has 2 N–H and O–H groups in total. The van der Waals surface area contributed by atoms with Gasteiger partial charge in [-0.25, -0.2) is 9.97 Å². The first kappa shape index (κ1) is 18.9. The number of hydrogen-bond acceptors (Lipinski definition) is 6. The molecule has 0 saturated heterocycles. The summed E-state index contributed by atoms with van der Waals surface area (Å²) >= 11 is 3.22. The van der Waals surface area contributed by atoms with Crippen molar-refractivity contribution < 1.29 is 4.79 Å². The normalized spacial score (nSPS) is 17.3. The van der Waals surface area contributed by atoms with Crippen molar-refractivity contribution in [3.05, 3.63) is 37.2 Å². The molecule has 152 valence electrons. The van der Waals surface area contributed by atoms with Gasteiger partial charge in [0.15, 0.2) is 5.13 Å². The molecular formula is C21H24N4O2S2. The van der Waals surface area contributed by atoms with Crippen LogP contribution in [0.15, 0.2) is 4.79 Å². The molecule has 3 aromatic rings. The third-order valence-corrected chi connectivity index (χ3v) is 8.22. The Bertz CT molecular complexity index is 1170. The monoisotopic (exact) mass is 428 g/mol. The van der Waals surface area contributed by atoms with Crippen LogP contribution < -0.4 is 10.9 Å². The summed E-state index contributed by atoms with van der Waals surface area (Å²) in [5.74, 6) is 0.488. The van der Waals surface area contributed by atoms with Gasteiger partial charge in [-0.15, -0.1) is 22.7 Å². The zero-order valence-corrected chi connectivity index (χ0v) is 18.3. The van der Waals surface area contributed by atoms with Crippen LogP contribution in [0, 0.1) is 0 Å². The topological polar surface area (TPSA) is 87.7 Å². The lowest BCUT2D eigenvalue weighted by atomic mass is 9.79. The second-order valence-electron chi connectivity index (χ2n) is 8.63. The molecule has 2 aliphatic carbocycles. The van der Waals surface area contributed by atoms with Gasteiger partial charge in [0.05, 0.1) is 11.1 Å². The highest BCUT2D eigenvalue weighted by atomic mass is 32.1. The maximum absolute atomic E-state index is 12.5. The summed E-state index contributed by atoms with van der Waals surface area (Å²) in [6, 6.07) is 0. The SMILES string of the molecule is CC1(C)CCCc2sc(NC(=O)CCc3nc4sc5c(c4c(=O)[nH]3)CCC5)nc21. The quantitative estimate of drug-likeness (QED) is 0.654. The van der Waals surface area contributed by atoms with Crippen molar-refractivity contribution in [1.82, 2.24) is 15.0 Å². The van der Waals surface area contributed by atoms with Crippen molar-refractivity contribution in [1.29, 1.82) is 0 Å². The van der Waals surface area contributed by atoms with E-state index >= 15 is 0 Å². The first-order valence-corrected chi connectivity index (χ1v) is 11.9. The number of carbonyl (C=O) groups excluding carboxylic acids is 1. The number of aromatic nitrogens is 3. The Balaban J connectivity index is 1.28. The number of anilines is 1. The van der Waals surface area contributed by atoms with Crippen LogP contribution in [0.5, 0.6) is 0 Å². The van der Waals surface area contributed by atoms with Crippen LogP contribution >= 0.6 is 22.7 Å². The van der Waals surface area contributed by atoms with Crippen molar-refractivity contribution >= 4 is 43.9 Å². The molecule has 0 radical (unpaired) electrons. The lowest BCUT2D eigenvalue weighted by molar-refractivity contribution is -0.116. The fourth-order valence-corrected chi connectivity index (χ4v) is 6.97. The van der Waals surface area contributed by atoms with E-state index < -0.39 is 0 Å². The highest BCUT2D eigenvalue weighted by Crippen LogP contribution is 2.40. The number of aryl methyl sites for hydroxylation is 4. The number of aromatic amines is 1. The number of fused-ring (bicyclic) bond motifs is 4. The van der Waals surface area contributed by atoms with E-state index in [1.54, 1.807) is 22.7 Å². The van der Waals surface area contributed by atoms with E-state index in [2.05, 4.69) is 29.1 Å². The summed E-state index contributed by atoms with van der Waals surface area (Å²) in [5.41, 5.74) is 2.32. The maximum Gasteiger partial charge on any atom is 0.259 e. The number of rotatable bonds is 4. The first-order valence-electron chi connectivity index (χ1n) is 10.2. The van der Waals surface area contributed by atoms with E-state index in [1.807, 2.05) is 0 Å². The molecule has 29 heavy (non-hydrogen) atoms. The summed E-state index contributed by atoms with van der Waals surface area (Å²) in [6.45, 7) is 4.43. The first-order chi connectivity index (χ1) is 13.9. The second kappa shape index (κ2) is 7.02. The van der Waals surface area contributed by atoms with Gasteiger partial charge in [0.1, 0.15) is 10.7 Å². The van der Waals surface area contributed by atoms with Crippen molar-refractivity contribution in [2.75, 3.05) is 5.32 Å². The number of carbonyl (C=O) groups is 1. The fraction of sp³-hybridized carbons (Fsp3) is 0.524. The molecule has 6 nitrogen and oxygen atoms in total. The molecule has 0 spiro atoms. The number of thiophene rings is 1. The van der Waals surface area contributed by atoms with E-state index in [1.165, 1.54) is 21.7 Å². The smallest absolute Gasteiger partial charge is 0.259 e. The van der Waals surface area contributed by atoms with E-state index in [0.717, 1.165) is 48.0 Å². The largest absolute Gasteiger partial charge is 0.310 e. The van der Waals surface area contributed by atoms with Gasteiger partial charge in [-0.2, -0.15) is 0 Å². The summed E-state index contributed by atoms with van der Waals surface area (Å²) in [7, 11) is 0. The van der Waals surface area contributed by atoms with Crippen molar-refractivity contribution in [2.45, 2.75) is 70.6 Å². The molecule has 0 aliphatic heterocycles. The molecule has 3 aromatic heterocycles. The number of thiazole rings is 1. The number of nitrogens with zero attached hydrogens (tertiary/aromatic N) is 2. The summed E-state index contributed by atoms with van der Waals surface area (Å²) in [4.78, 5) is 40.6. The van der Waals surface area contributed by atoms with E-state index in [4.69, 9.17) is 4.98 Å². The van der Waals surface area contributed by atoms with Crippen LogP contribution in [0.3, 0.4) is 0 Å². The summed E-state index contributed by atoms with van der Waals surface area (Å²) in [6.07, 6.45) is 7.16. The lowest BCUT2D eigenvalue weighted by Gasteiger charge is -2.27. The maximum atomic E-state index is 12.5. The molecule has 0 fully saturated rings. The highest BCUT2D eigenvalue weighted by molar-refractivity contribution is 7.18. The van der Waals surface area contributed by atoms with Crippen LogP contribution in [0.25, 0.3) is 10.2 Å². The molecule has 0 bridgehead atoms. The van der Waals surface area contributed by atoms with Gasteiger partial charge in [-0.3, -0.25) is 9.59 Å². The fourth-order valence-electron chi connectivity index (χ4n) is 4.49. The van der Waals surface area contributed by atoms with Gasteiger partial charge >= 0.3 is 0 Å². The molecule has 0 atom stereocenters. The minimum absolute atomic E-state index is 0.0698. The van der Waals surface area contributed by atoms with Gasteiger partial charge in [0, 0.05) is 28.0 Å². The average molecular weight is 429 g/mol. The van der Waals surface area contributed by atoms with Crippen LogP contribution in [0.2, 0.25) is 0 Å². The molecule has 2 aliphatic rings. The third-order valence-electron chi connectivity index (χ3n) is 6.00. The highest BCUT2D eigenvalue weighted by Gasteiger charge is 2.31. The van der Waals surface area contributed by atoms with Crippen molar-refractivity contribution in [3.63, 3.8) is 0 Å². The number of hydrogen-bond donors (Lipinski definition) is 2. The Hall–Kier alpha value is -2.06. The van der Waals surface area contributed by atoms with Crippen LogP contribution in [-0.4, -0.2) is 20.9 Å². The molecule has 8 heteroatoms. The van der Waals surface area contributed by atoms with Gasteiger partial charge in [-0.1, -0.05) is 13.8 Å². The minimum atomic E-state index is -0.0923. The number of amides is 1. The summed E-state index contributed by atoms with van der Waals surface area (Å²) < 4.78 is 0. The zero-order valence-electron chi connectivity index (χ0n) is 16.7. The average Bonchev–Trinajstić information content (AvgIpc) is 3.34. The van der Waals surface area contributed by atoms with Crippen molar-refractivity contribution in [3.8, 4) is 0 Å². The Morgan fingerprint density at radius 1 is 1.14 bits per heavy atom. The standard InChI is InChI=1S/C21H24N4O2S2/c1-21(2)10-4-7-13-17(21)25-20(29-13)24-15(26)9-8-14-22-18(27)16-11-5-3-6-12(11)28-19(16)23-14/h3-10H2,1-2H3,(H,22,23,27)(H,24,25,26). The Labute approximate surface area is 176 Å². The molecule has 0 saturated carbocycles. The van der Waals surface area contributed by atoms with E-state index in [9.17, 15) is 9.59 Å². The summed E-state index contributed by atoms with van der Waals surface area (Å²) in [5, 5.41) is 4.38. The number of H-pyrrole nitrogens is 1. The molecule has 3 heterocycles. The van der Waals surface area contributed by atoms with Crippen LogP contribution in [0.1, 0.15) is 66.4 Å². The van der Waals surface area contributed by atoms with E-state index in [0.29, 0.717) is 17.4 Å². The Morgan fingerprint density at radius 2 is 1.97 bits per heavy atom. The predicted octanol–water partition coefficient (Wildman–Crippen LogP) is 4.12. The van der Waals surface area contributed by atoms with Gasteiger partial charge in [-0.05, 0) is 44.1 Å². The molecule has 0 unspecified atom stereocenters. The van der Waals surface area contributed by atoms with Crippen molar-refractivity contribution in [2.24, 2.45) is 0 Å². The van der Waals surface area contributed by atoms with Crippen LogP contribution in [-0.2, 0) is 35.9 Å². The number of nitrogens with one attached hydrogen (secondary N) is 2. The Kier molecular flexibility index (Phi) is 4.58. The Morgan fingerprint density at radius 3 is 2.79 bits per heavy atom. The molecule has 0 aromatic carbocycles. The molecule has 1 amide bonds. The molecular weight excluding hydrogens is 404 g/mol. The second-order valence-corrected chi connectivity index (χ2v) is 10.8.